The van der Waals surface area contributed by atoms with Crippen molar-refractivity contribution in [2.45, 2.75) is 19.3 Å². The number of carbonyl (C=O) groups is 2. The molecule has 1 saturated heterocycles. The lowest BCUT2D eigenvalue weighted by molar-refractivity contribution is -0.115. The summed E-state index contributed by atoms with van der Waals surface area (Å²) in [5.74, 6) is -0.577. The van der Waals surface area contributed by atoms with Gasteiger partial charge in [-0.3, -0.25) is 14.6 Å². The molecule has 0 aliphatic carbocycles. The summed E-state index contributed by atoms with van der Waals surface area (Å²) < 4.78 is 0. The van der Waals surface area contributed by atoms with E-state index in [2.05, 4.69) is 20.5 Å². The van der Waals surface area contributed by atoms with E-state index in [0.29, 0.717) is 5.56 Å². The third-order valence-corrected chi connectivity index (χ3v) is 4.21. The van der Waals surface area contributed by atoms with E-state index in [1.807, 2.05) is 24.3 Å². The highest BCUT2D eigenvalue weighted by Crippen LogP contribution is 2.21. The van der Waals surface area contributed by atoms with Crippen LogP contribution in [0.25, 0.3) is 0 Å². The van der Waals surface area contributed by atoms with Crippen molar-refractivity contribution in [3.63, 3.8) is 0 Å². The maximum atomic E-state index is 12.0. The second-order valence-electron chi connectivity index (χ2n) is 6.07. The average Bonchev–Trinajstić information content (AvgIpc) is 2.68. The fraction of sp³-hybridized carbons (Fsp3) is 0.316. The molecular formula is C19H22N4O2. The second kappa shape index (κ2) is 8.28. The quantitative estimate of drug-likeness (QED) is 0.878. The predicted molar refractivity (Wildman–Crippen MR) is 97.7 cm³/mol. The molecule has 3 rings (SSSR count). The minimum absolute atomic E-state index is 0.0817. The van der Waals surface area contributed by atoms with E-state index in [9.17, 15) is 9.59 Å². The van der Waals surface area contributed by atoms with Gasteiger partial charge in [-0.05, 0) is 55.7 Å². The summed E-state index contributed by atoms with van der Waals surface area (Å²) in [6, 6.07) is 11.2. The molecule has 1 aliphatic heterocycles. The Morgan fingerprint density at radius 2 is 1.80 bits per heavy atom. The zero-order valence-corrected chi connectivity index (χ0v) is 14.1. The number of carbonyl (C=O) groups excluding carboxylic acids is 2. The first-order valence-electron chi connectivity index (χ1n) is 8.55. The van der Waals surface area contributed by atoms with Crippen molar-refractivity contribution >= 4 is 23.2 Å². The molecule has 2 heterocycles. The number of benzene rings is 1. The summed E-state index contributed by atoms with van der Waals surface area (Å²) in [6.07, 6.45) is 6.82. The summed E-state index contributed by atoms with van der Waals surface area (Å²) in [5, 5.41) is 5.37. The van der Waals surface area contributed by atoms with Gasteiger partial charge >= 0.3 is 0 Å². The zero-order valence-electron chi connectivity index (χ0n) is 14.1. The molecule has 130 valence electrons. The number of nitrogens with zero attached hydrogens (tertiary/aromatic N) is 2. The van der Waals surface area contributed by atoms with Crippen LogP contribution in [-0.2, 0) is 4.79 Å². The molecule has 6 nitrogen and oxygen atoms in total. The third kappa shape index (κ3) is 4.79. The van der Waals surface area contributed by atoms with Crippen LogP contribution in [0.2, 0.25) is 0 Å². The van der Waals surface area contributed by atoms with Crippen LogP contribution in [0.5, 0.6) is 0 Å². The van der Waals surface area contributed by atoms with Crippen molar-refractivity contribution in [1.29, 1.82) is 0 Å². The number of nitrogens with one attached hydrogen (secondary N) is 2. The van der Waals surface area contributed by atoms with Crippen molar-refractivity contribution < 1.29 is 9.59 Å². The fourth-order valence-electron chi connectivity index (χ4n) is 2.87. The number of rotatable bonds is 5. The first-order valence-corrected chi connectivity index (χ1v) is 8.55. The molecule has 2 N–H and O–H groups in total. The maximum absolute atomic E-state index is 12.0. The monoisotopic (exact) mass is 338 g/mol. The Bertz CT molecular complexity index is 710. The number of pyridine rings is 1. The number of amides is 2. The first-order chi connectivity index (χ1) is 12.2. The smallest absolute Gasteiger partial charge is 0.253 e. The average molecular weight is 338 g/mol. The van der Waals surface area contributed by atoms with E-state index >= 15 is 0 Å². The number of hydrogen-bond donors (Lipinski definition) is 2. The van der Waals surface area contributed by atoms with Crippen LogP contribution in [-0.4, -0.2) is 36.4 Å². The maximum Gasteiger partial charge on any atom is 0.253 e. The van der Waals surface area contributed by atoms with Crippen molar-refractivity contribution in [2.24, 2.45) is 0 Å². The lowest BCUT2D eigenvalue weighted by atomic mass is 10.1. The standard InChI is InChI=1S/C19H22N4O2/c24-18(14-21-19(25)15-5-4-10-20-13-15)22-16-6-8-17(9-7-16)23-11-2-1-3-12-23/h4-10,13H,1-3,11-12,14H2,(H,21,25)(H,22,24). The minimum Gasteiger partial charge on any atom is -0.372 e. The molecule has 0 bridgehead atoms. The Labute approximate surface area is 147 Å². The van der Waals surface area contributed by atoms with Crippen LogP contribution in [0.3, 0.4) is 0 Å². The summed E-state index contributed by atoms with van der Waals surface area (Å²) >= 11 is 0. The number of hydrogen-bond acceptors (Lipinski definition) is 4. The second-order valence-corrected chi connectivity index (χ2v) is 6.07. The fourth-order valence-corrected chi connectivity index (χ4v) is 2.87. The SMILES string of the molecule is O=C(CNC(=O)c1cccnc1)Nc1ccc(N2CCCCC2)cc1. The molecule has 1 aromatic carbocycles. The lowest BCUT2D eigenvalue weighted by Crippen LogP contribution is -2.33. The molecule has 1 aliphatic rings. The molecule has 0 unspecified atom stereocenters. The molecule has 1 fully saturated rings. The van der Waals surface area contributed by atoms with Gasteiger partial charge in [-0.25, -0.2) is 0 Å². The van der Waals surface area contributed by atoms with Gasteiger partial charge in [-0.15, -0.1) is 0 Å². The van der Waals surface area contributed by atoms with Crippen LogP contribution < -0.4 is 15.5 Å². The van der Waals surface area contributed by atoms with E-state index in [4.69, 9.17) is 0 Å². The van der Waals surface area contributed by atoms with Crippen LogP contribution in [0.1, 0.15) is 29.6 Å². The number of aromatic nitrogens is 1. The summed E-state index contributed by atoms with van der Waals surface area (Å²) in [4.78, 5) is 30.1. The summed E-state index contributed by atoms with van der Waals surface area (Å²) in [6.45, 7) is 2.10. The molecule has 6 heteroatoms. The third-order valence-electron chi connectivity index (χ3n) is 4.21. The lowest BCUT2D eigenvalue weighted by Gasteiger charge is -2.28. The molecular weight excluding hydrogens is 316 g/mol. The Morgan fingerprint density at radius 1 is 1.04 bits per heavy atom. The summed E-state index contributed by atoms with van der Waals surface area (Å²) in [5.41, 5.74) is 2.34. The molecule has 0 atom stereocenters. The highest BCUT2D eigenvalue weighted by molar-refractivity contribution is 5.99. The van der Waals surface area contributed by atoms with Gasteiger partial charge in [0, 0.05) is 36.9 Å². The Hall–Kier alpha value is -2.89. The van der Waals surface area contributed by atoms with Gasteiger partial charge in [0.2, 0.25) is 5.91 Å². The number of anilines is 2. The van der Waals surface area contributed by atoms with Crippen molar-refractivity contribution in [2.75, 3.05) is 29.9 Å². The molecule has 0 spiro atoms. The largest absolute Gasteiger partial charge is 0.372 e. The van der Waals surface area contributed by atoms with Crippen LogP contribution in [0.4, 0.5) is 11.4 Å². The topological polar surface area (TPSA) is 74.3 Å². The van der Waals surface area contributed by atoms with Gasteiger partial charge in [0.25, 0.3) is 5.91 Å². The van der Waals surface area contributed by atoms with Gasteiger partial charge in [0.1, 0.15) is 0 Å². The first kappa shape index (κ1) is 17.0. The normalized spacial score (nSPS) is 14.0. The van der Waals surface area contributed by atoms with Gasteiger partial charge in [-0.2, -0.15) is 0 Å². The van der Waals surface area contributed by atoms with E-state index in [1.54, 1.807) is 18.3 Å². The Kier molecular flexibility index (Phi) is 5.61. The molecule has 2 amide bonds. The van der Waals surface area contributed by atoms with Gasteiger partial charge in [0.15, 0.2) is 0 Å². The van der Waals surface area contributed by atoms with Crippen molar-refractivity contribution in [3.05, 3.63) is 54.4 Å². The highest BCUT2D eigenvalue weighted by atomic mass is 16.2. The van der Waals surface area contributed by atoms with Crippen LogP contribution >= 0.6 is 0 Å². The zero-order chi connectivity index (χ0) is 17.5. The van der Waals surface area contributed by atoms with E-state index in [1.165, 1.54) is 31.1 Å². The molecule has 0 saturated carbocycles. The molecule has 25 heavy (non-hydrogen) atoms. The molecule has 0 radical (unpaired) electrons. The number of piperidine rings is 1. The Morgan fingerprint density at radius 3 is 2.48 bits per heavy atom. The van der Waals surface area contributed by atoms with Crippen molar-refractivity contribution in [3.8, 4) is 0 Å². The summed E-state index contributed by atoms with van der Waals surface area (Å²) in [7, 11) is 0. The highest BCUT2D eigenvalue weighted by Gasteiger charge is 2.11. The van der Waals surface area contributed by atoms with E-state index in [0.717, 1.165) is 18.8 Å². The van der Waals surface area contributed by atoms with Gasteiger partial charge < -0.3 is 15.5 Å². The van der Waals surface area contributed by atoms with E-state index in [-0.39, 0.29) is 18.4 Å². The van der Waals surface area contributed by atoms with E-state index < -0.39 is 0 Å². The van der Waals surface area contributed by atoms with Crippen molar-refractivity contribution in [1.82, 2.24) is 10.3 Å². The predicted octanol–water partition coefficient (Wildman–Crippen LogP) is 2.44. The van der Waals surface area contributed by atoms with Crippen LogP contribution in [0.15, 0.2) is 48.8 Å². The van der Waals surface area contributed by atoms with Gasteiger partial charge in [0.05, 0.1) is 12.1 Å². The molecule has 2 aromatic rings. The molecule has 1 aromatic heterocycles. The minimum atomic E-state index is -0.316. The van der Waals surface area contributed by atoms with Crippen LogP contribution in [0, 0.1) is 0 Å². The Balaban J connectivity index is 1.48. The van der Waals surface area contributed by atoms with Gasteiger partial charge in [-0.1, -0.05) is 0 Å².